The monoisotopic (exact) mass is 203 g/mol. The molecular weight excluding hydrogens is 186 g/mol. The zero-order valence-electron chi connectivity index (χ0n) is 8.07. The van der Waals surface area contributed by atoms with E-state index < -0.39 is 10.0 Å². The molecule has 76 valence electrons. The summed E-state index contributed by atoms with van der Waals surface area (Å²) in [5.41, 5.74) is 0. The van der Waals surface area contributed by atoms with E-state index in [1.165, 1.54) is 19.3 Å². The Morgan fingerprint density at radius 2 is 1.77 bits per heavy atom. The zero-order chi connectivity index (χ0) is 9.47. The normalized spacial score (nSPS) is 35.6. The first-order chi connectivity index (χ1) is 6.12. The molecule has 1 heterocycles. The molecule has 2 fully saturated rings. The minimum Gasteiger partial charge on any atom is -0.212 e. The van der Waals surface area contributed by atoms with Gasteiger partial charge >= 0.3 is 0 Å². The lowest BCUT2D eigenvalue weighted by Gasteiger charge is -2.43. The van der Waals surface area contributed by atoms with Gasteiger partial charge in [-0.2, -0.15) is 4.31 Å². The van der Waals surface area contributed by atoms with E-state index in [0.29, 0.717) is 6.04 Å². The molecule has 13 heavy (non-hydrogen) atoms. The molecule has 1 saturated heterocycles. The average Bonchev–Trinajstić information content (AvgIpc) is 2.15. The third-order valence-corrected chi connectivity index (χ3v) is 5.52. The summed E-state index contributed by atoms with van der Waals surface area (Å²) in [4.78, 5) is 0. The Morgan fingerprint density at radius 1 is 1.15 bits per heavy atom. The molecule has 1 saturated carbocycles. The van der Waals surface area contributed by atoms with Gasteiger partial charge in [-0.15, -0.1) is 0 Å². The maximum atomic E-state index is 11.6. The second-order valence-corrected chi connectivity index (χ2v) is 6.52. The highest BCUT2D eigenvalue weighted by Crippen LogP contribution is 2.31. The fourth-order valence-electron chi connectivity index (χ4n) is 2.32. The van der Waals surface area contributed by atoms with Gasteiger partial charge in [0.05, 0.1) is 5.25 Å². The van der Waals surface area contributed by atoms with Crippen molar-refractivity contribution in [3.05, 3.63) is 0 Å². The van der Waals surface area contributed by atoms with Crippen LogP contribution in [0.1, 0.15) is 39.0 Å². The summed E-state index contributed by atoms with van der Waals surface area (Å²) in [6.45, 7) is 2.56. The van der Waals surface area contributed by atoms with Gasteiger partial charge in [0.15, 0.2) is 0 Å². The molecule has 0 aromatic carbocycles. The summed E-state index contributed by atoms with van der Waals surface area (Å²) in [7, 11) is -2.87. The number of hydrogen-bond acceptors (Lipinski definition) is 2. The summed E-state index contributed by atoms with van der Waals surface area (Å²) >= 11 is 0. The van der Waals surface area contributed by atoms with E-state index in [9.17, 15) is 8.42 Å². The molecule has 1 aliphatic carbocycles. The highest BCUT2D eigenvalue weighted by molar-refractivity contribution is 7.91. The van der Waals surface area contributed by atoms with Gasteiger partial charge in [0, 0.05) is 12.6 Å². The average molecular weight is 203 g/mol. The van der Waals surface area contributed by atoms with Crippen LogP contribution in [0.15, 0.2) is 0 Å². The molecule has 0 aromatic heterocycles. The predicted octanol–water partition coefficient (Wildman–Crippen LogP) is 1.35. The quantitative estimate of drug-likeness (QED) is 0.645. The molecule has 0 spiro atoms. The molecule has 0 bridgehead atoms. The van der Waals surface area contributed by atoms with E-state index in [2.05, 4.69) is 0 Å². The van der Waals surface area contributed by atoms with Gasteiger partial charge < -0.3 is 0 Å². The van der Waals surface area contributed by atoms with E-state index in [1.807, 2.05) is 0 Å². The Bertz CT molecular complexity index is 280. The summed E-state index contributed by atoms with van der Waals surface area (Å²) in [6.07, 6.45) is 5.83. The first kappa shape index (κ1) is 9.46. The van der Waals surface area contributed by atoms with Crippen molar-refractivity contribution in [2.24, 2.45) is 0 Å². The Labute approximate surface area is 80.2 Å². The Hall–Kier alpha value is -0.0900. The molecule has 1 aliphatic heterocycles. The smallest absolute Gasteiger partial charge is 0.212 e. The van der Waals surface area contributed by atoms with Crippen molar-refractivity contribution in [1.29, 1.82) is 0 Å². The number of hydrogen-bond donors (Lipinski definition) is 0. The molecule has 4 heteroatoms. The van der Waals surface area contributed by atoms with Crippen molar-refractivity contribution in [1.82, 2.24) is 4.31 Å². The summed E-state index contributed by atoms with van der Waals surface area (Å²) in [6, 6.07) is 0.329. The van der Waals surface area contributed by atoms with Gasteiger partial charge in [-0.1, -0.05) is 19.3 Å². The standard InChI is InChI=1S/C9H17NO2S/c1-8-7-10(13(8,11)12)9-5-3-2-4-6-9/h8-9H,2-7H2,1H3. The minimum atomic E-state index is -2.87. The van der Waals surface area contributed by atoms with Crippen LogP contribution in [0, 0.1) is 0 Å². The van der Waals surface area contributed by atoms with Crippen LogP contribution in [0.2, 0.25) is 0 Å². The maximum Gasteiger partial charge on any atom is 0.218 e. The molecule has 3 nitrogen and oxygen atoms in total. The maximum absolute atomic E-state index is 11.6. The summed E-state index contributed by atoms with van der Waals surface area (Å²) < 4.78 is 24.9. The van der Waals surface area contributed by atoms with Crippen molar-refractivity contribution in [3.63, 3.8) is 0 Å². The van der Waals surface area contributed by atoms with Crippen LogP contribution < -0.4 is 0 Å². The second kappa shape index (κ2) is 3.24. The highest BCUT2D eigenvalue weighted by atomic mass is 32.2. The summed E-state index contributed by atoms with van der Waals surface area (Å²) in [5, 5.41) is -0.130. The van der Waals surface area contributed by atoms with Gasteiger partial charge in [0.2, 0.25) is 10.0 Å². The van der Waals surface area contributed by atoms with Crippen LogP contribution in [-0.4, -0.2) is 30.6 Å². The SMILES string of the molecule is CC1CN(C2CCCCC2)S1(=O)=O. The van der Waals surface area contributed by atoms with Gasteiger partial charge in [0.25, 0.3) is 0 Å². The highest BCUT2D eigenvalue weighted by Gasteiger charge is 2.44. The summed E-state index contributed by atoms with van der Waals surface area (Å²) in [5.74, 6) is 0. The molecule has 1 unspecified atom stereocenters. The number of sulfonamides is 1. The van der Waals surface area contributed by atoms with E-state index in [4.69, 9.17) is 0 Å². The molecule has 0 aromatic rings. The molecule has 1 atom stereocenters. The van der Waals surface area contributed by atoms with Crippen LogP contribution in [-0.2, 0) is 10.0 Å². The molecule has 2 rings (SSSR count). The lowest BCUT2D eigenvalue weighted by molar-refractivity contribution is 0.222. The van der Waals surface area contributed by atoms with E-state index in [-0.39, 0.29) is 5.25 Å². The first-order valence-corrected chi connectivity index (χ1v) is 6.63. The van der Waals surface area contributed by atoms with E-state index in [1.54, 1.807) is 11.2 Å². The zero-order valence-corrected chi connectivity index (χ0v) is 8.89. The second-order valence-electron chi connectivity index (χ2n) is 4.22. The van der Waals surface area contributed by atoms with Crippen molar-refractivity contribution in [2.45, 2.75) is 50.3 Å². The molecular formula is C9H17NO2S. The third-order valence-electron chi connectivity index (χ3n) is 3.25. The van der Waals surface area contributed by atoms with E-state index >= 15 is 0 Å². The van der Waals surface area contributed by atoms with Crippen LogP contribution in [0.3, 0.4) is 0 Å². The molecule has 0 amide bonds. The van der Waals surface area contributed by atoms with Crippen molar-refractivity contribution >= 4 is 10.0 Å². The van der Waals surface area contributed by atoms with Crippen molar-refractivity contribution < 1.29 is 8.42 Å². The Kier molecular flexibility index (Phi) is 2.36. The topological polar surface area (TPSA) is 37.4 Å². The minimum absolute atomic E-state index is 0.130. The third kappa shape index (κ3) is 1.50. The number of nitrogens with zero attached hydrogens (tertiary/aromatic N) is 1. The van der Waals surface area contributed by atoms with Crippen LogP contribution >= 0.6 is 0 Å². The lowest BCUT2D eigenvalue weighted by atomic mass is 9.95. The fourth-order valence-corrected chi connectivity index (χ4v) is 3.93. The molecule has 0 N–H and O–H groups in total. The Balaban J connectivity index is 2.02. The van der Waals surface area contributed by atoms with E-state index in [0.717, 1.165) is 19.4 Å². The Morgan fingerprint density at radius 3 is 2.23 bits per heavy atom. The fraction of sp³-hybridized carbons (Fsp3) is 1.00. The first-order valence-electron chi connectivity index (χ1n) is 5.13. The number of rotatable bonds is 1. The molecule has 2 aliphatic rings. The van der Waals surface area contributed by atoms with Crippen molar-refractivity contribution in [3.8, 4) is 0 Å². The van der Waals surface area contributed by atoms with Gasteiger partial charge in [-0.25, -0.2) is 8.42 Å². The lowest BCUT2D eigenvalue weighted by Crippen LogP contribution is -2.58. The van der Waals surface area contributed by atoms with Gasteiger partial charge in [-0.05, 0) is 19.8 Å². The van der Waals surface area contributed by atoms with Crippen LogP contribution in [0.25, 0.3) is 0 Å². The van der Waals surface area contributed by atoms with Crippen LogP contribution in [0.4, 0.5) is 0 Å². The van der Waals surface area contributed by atoms with Gasteiger partial charge in [-0.3, -0.25) is 0 Å². The molecule has 0 radical (unpaired) electrons. The van der Waals surface area contributed by atoms with Gasteiger partial charge in [0.1, 0.15) is 0 Å². The largest absolute Gasteiger partial charge is 0.218 e. The predicted molar refractivity (Wildman–Crippen MR) is 52.0 cm³/mol. The van der Waals surface area contributed by atoms with Crippen LogP contribution in [0.5, 0.6) is 0 Å². The van der Waals surface area contributed by atoms with Crippen molar-refractivity contribution in [2.75, 3.05) is 6.54 Å².